The number of hydrogen-bond donors (Lipinski definition) is 1. The number of carboxylic acids is 1. The molecule has 0 amide bonds. The van der Waals surface area contributed by atoms with Crippen LogP contribution in [0.4, 0.5) is 0 Å². The molecule has 0 saturated heterocycles. The molecule has 0 aliphatic rings. The molecule has 0 fully saturated rings. The van der Waals surface area contributed by atoms with E-state index in [4.69, 9.17) is 5.11 Å². The van der Waals surface area contributed by atoms with Crippen LogP contribution in [-0.2, 0) is 9.59 Å². The molecule has 0 aromatic heterocycles. The van der Waals surface area contributed by atoms with Crippen LogP contribution in [0.25, 0.3) is 0 Å². The fourth-order valence-electron chi connectivity index (χ4n) is 3.42. The summed E-state index contributed by atoms with van der Waals surface area (Å²) in [5, 5.41) is 8.56. The SMILES string of the molecule is CCCCCCCCCC(=O)CCCCCCCCCCCCC(=O)O. The van der Waals surface area contributed by atoms with Crippen molar-refractivity contribution in [1.29, 1.82) is 0 Å². The molecule has 0 aromatic carbocycles. The van der Waals surface area contributed by atoms with Gasteiger partial charge in [-0.15, -0.1) is 0 Å². The van der Waals surface area contributed by atoms with Gasteiger partial charge in [-0.2, -0.15) is 0 Å². The molecule has 3 heteroatoms. The van der Waals surface area contributed by atoms with Crippen LogP contribution in [0.3, 0.4) is 0 Å². The standard InChI is InChI=1S/C23H44O3/c1-2-3-4-5-10-13-16-19-22(24)20-17-14-11-8-6-7-9-12-15-18-21-23(25)26/h2-21H2,1H3,(H,25,26). The second kappa shape index (κ2) is 20.5. The number of carboxylic acid groups (broad SMARTS) is 1. The minimum absolute atomic E-state index is 0.317. The number of Topliss-reactive ketones (excluding diaryl/α,β-unsaturated/α-hetero) is 1. The number of unbranched alkanes of at least 4 members (excludes halogenated alkanes) is 15. The average molecular weight is 369 g/mol. The topological polar surface area (TPSA) is 54.4 Å². The first-order valence-electron chi connectivity index (χ1n) is 11.4. The monoisotopic (exact) mass is 368 g/mol. The molecular formula is C23H44O3. The van der Waals surface area contributed by atoms with E-state index < -0.39 is 5.97 Å². The van der Waals surface area contributed by atoms with Crippen LogP contribution in [0.5, 0.6) is 0 Å². The molecule has 0 unspecified atom stereocenters. The molecule has 0 atom stereocenters. The molecule has 0 heterocycles. The van der Waals surface area contributed by atoms with Gasteiger partial charge in [0.05, 0.1) is 0 Å². The van der Waals surface area contributed by atoms with Gasteiger partial charge >= 0.3 is 5.97 Å². The first-order valence-corrected chi connectivity index (χ1v) is 11.4. The number of hydrogen-bond acceptors (Lipinski definition) is 2. The van der Waals surface area contributed by atoms with Gasteiger partial charge in [-0.3, -0.25) is 9.59 Å². The highest BCUT2D eigenvalue weighted by Gasteiger charge is 2.02. The predicted molar refractivity (Wildman–Crippen MR) is 111 cm³/mol. The van der Waals surface area contributed by atoms with Crippen molar-refractivity contribution in [2.45, 2.75) is 135 Å². The van der Waals surface area contributed by atoms with Crippen LogP contribution in [0.2, 0.25) is 0 Å². The van der Waals surface area contributed by atoms with Gasteiger partial charge in [-0.25, -0.2) is 0 Å². The van der Waals surface area contributed by atoms with Crippen LogP contribution in [0.15, 0.2) is 0 Å². The van der Waals surface area contributed by atoms with Crippen molar-refractivity contribution < 1.29 is 14.7 Å². The summed E-state index contributed by atoms with van der Waals surface area (Å²) in [6.07, 6.45) is 22.5. The van der Waals surface area contributed by atoms with E-state index in [1.807, 2.05) is 0 Å². The normalized spacial score (nSPS) is 11.0. The summed E-state index contributed by atoms with van der Waals surface area (Å²) in [4.78, 5) is 22.2. The Labute approximate surface area is 162 Å². The zero-order valence-corrected chi connectivity index (χ0v) is 17.4. The van der Waals surface area contributed by atoms with E-state index in [1.54, 1.807) is 0 Å². The average Bonchev–Trinajstić information content (AvgIpc) is 2.61. The van der Waals surface area contributed by atoms with E-state index in [2.05, 4.69) is 6.92 Å². The first kappa shape index (κ1) is 25.1. The summed E-state index contributed by atoms with van der Waals surface area (Å²) in [6.45, 7) is 2.24. The van der Waals surface area contributed by atoms with E-state index in [0.717, 1.165) is 38.5 Å². The Kier molecular flexibility index (Phi) is 19.8. The number of ketones is 1. The third-order valence-corrected chi connectivity index (χ3v) is 5.16. The zero-order chi connectivity index (χ0) is 19.3. The Morgan fingerprint density at radius 2 is 0.808 bits per heavy atom. The largest absolute Gasteiger partial charge is 0.481 e. The molecule has 0 spiro atoms. The minimum atomic E-state index is -0.675. The van der Waals surface area contributed by atoms with Gasteiger partial charge in [-0.05, 0) is 19.3 Å². The molecule has 154 valence electrons. The van der Waals surface area contributed by atoms with Gasteiger partial charge in [0.1, 0.15) is 5.78 Å². The smallest absolute Gasteiger partial charge is 0.303 e. The number of rotatable bonds is 21. The molecule has 3 nitrogen and oxygen atoms in total. The van der Waals surface area contributed by atoms with Gasteiger partial charge in [-0.1, -0.05) is 96.8 Å². The van der Waals surface area contributed by atoms with E-state index in [9.17, 15) is 9.59 Å². The van der Waals surface area contributed by atoms with Crippen LogP contribution in [0.1, 0.15) is 135 Å². The van der Waals surface area contributed by atoms with Gasteiger partial charge < -0.3 is 5.11 Å². The van der Waals surface area contributed by atoms with Gasteiger partial charge in [0.25, 0.3) is 0 Å². The molecule has 0 saturated carbocycles. The Morgan fingerprint density at radius 1 is 0.500 bits per heavy atom. The lowest BCUT2D eigenvalue weighted by Crippen LogP contribution is -1.97. The maximum Gasteiger partial charge on any atom is 0.303 e. The molecule has 0 bridgehead atoms. The summed E-state index contributed by atoms with van der Waals surface area (Å²) < 4.78 is 0. The van der Waals surface area contributed by atoms with Crippen molar-refractivity contribution in [3.05, 3.63) is 0 Å². The molecule has 1 N–H and O–H groups in total. The lowest BCUT2D eigenvalue weighted by atomic mass is 10.0. The highest BCUT2D eigenvalue weighted by atomic mass is 16.4. The Balaban J connectivity index is 3.15. The number of carbonyl (C=O) groups is 2. The lowest BCUT2D eigenvalue weighted by molar-refractivity contribution is -0.137. The second-order valence-electron chi connectivity index (χ2n) is 7.84. The molecule has 0 aromatic rings. The highest BCUT2D eigenvalue weighted by molar-refractivity contribution is 5.78. The van der Waals surface area contributed by atoms with Crippen LogP contribution < -0.4 is 0 Å². The molecule has 0 aliphatic heterocycles. The highest BCUT2D eigenvalue weighted by Crippen LogP contribution is 2.13. The van der Waals surface area contributed by atoms with Gasteiger partial charge in [0.15, 0.2) is 0 Å². The first-order chi connectivity index (χ1) is 12.7. The zero-order valence-electron chi connectivity index (χ0n) is 17.4. The molecule has 0 radical (unpaired) electrons. The number of aliphatic carboxylic acids is 1. The van der Waals surface area contributed by atoms with Crippen molar-refractivity contribution in [1.82, 2.24) is 0 Å². The molecular weight excluding hydrogens is 324 g/mol. The summed E-state index contributed by atoms with van der Waals surface area (Å²) in [5.74, 6) is -0.203. The van der Waals surface area contributed by atoms with Crippen LogP contribution >= 0.6 is 0 Å². The van der Waals surface area contributed by atoms with Crippen LogP contribution in [0, 0.1) is 0 Å². The third-order valence-electron chi connectivity index (χ3n) is 5.16. The van der Waals surface area contributed by atoms with E-state index in [-0.39, 0.29) is 0 Å². The van der Waals surface area contributed by atoms with E-state index in [1.165, 1.54) is 83.5 Å². The van der Waals surface area contributed by atoms with Crippen molar-refractivity contribution in [3.8, 4) is 0 Å². The second-order valence-corrected chi connectivity index (χ2v) is 7.84. The van der Waals surface area contributed by atoms with Crippen molar-refractivity contribution in [2.24, 2.45) is 0 Å². The lowest BCUT2D eigenvalue weighted by Gasteiger charge is -2.03. The predicted octanol–water partition coefficient (Wildman–Crippen LogP) is 7.46. The quantitative estimate of drug-likeness (QED) is 0.214. The van der Waals surface area contributed by atoms with Gasteiger partial charge in [0.2, 0.25) is 0 Å². The molecule has 0 rings (SSSR count). The number of carbonyl (C=O) groups excluding carboxylic acids is 1. The Morgan fingerprint density at radius 3 is 1.15 bits per heavy atom. The Hall–Kier alpha value is -0.860. The van der Waals surface area contributed by atoms with Crippen LogP contribution in [-0.4, -0.2) is 16.9 Å². The summed E-state index contributed by atoms with van der Waals surface area (Å²) in [7, 11) is 0. The van der Waals surface area contributed by atoms with E-state index >= 15 is 0 Å². The molecule has 0 aliphatic carbocycles. The Bertz CT molecular complexity index is 325. The minimum Gasteiger partial charge on any atom is -0.481 e. The van der Waals surface area contributed by atoms with Crippen molar-refractivity contribution >= 4 is 11.8 Å². The summed E-state index contributed by atoms with van der Waals surface area (Å²) in [5.41, 5.74) is 0. The van der Waals surface area contributed by atoms with Crippen molar-refractivity contribution in [3.63, 3.8) is 0 Å². The summed E-state index contributed by atoms with van der Waals surface area (Å²) in [6, 6.07) is 0. The van der Waals surface area contributed by atoms with E-state index in [0.29, 0.717) is 12.2 Å². The molecule has 26 heavy (non-hydrogen) atoms. The summed E-state index contributed by atoms with van der Waals surface area (Å²) >= 11 is 0. The van der Waals surface area contributed by atoms with Gasteiger partial charge in [0, 0.05) is 19.3 Å². The fraction of sp³-hybridized carbons (Fsp3) is 0.913. The maximum absolute atomic E-state index is 11.8. The maximum atomic E-state index is 11.8. The fourth-order valence-corrected chi connectivity index (χ4v) is 3.42. The third kappa shape index (κ3) is 21.2. The van der Waals surface area contributed by atoms with Crippen molar-refractivity contribution in [2.75, 3.05) is 0 Å².